The fourth-order valence-corrected chi connectivity index (χ4v) is 1.05. The van der Waals surface area contributed by atoms with Gasteiger partial charge in [0, 0.05) is 6.54 Å². The van der Waals surface area contributed by atoms with Crippen molar-refractivity contribution >= 4 is 12.0 Å². The molecule has 3 heteroatoms. The third kappa shape index (κ3) is 3.03. The first kappa shape index (κ1) is 10.5. The highest BCUT2D eigenvalue weighted by Crippen LogP contribution is 2.04. The van der Waals surface area contributed by atoms with E-state index in [1.165, 1.54) is 0 Å². The molecule has 1 unspecified atom stereocenters. The summed E-state index contributed by atoms with van der Waals surface area (Å²) in [4.78, 5) is 10.6. The summed E-state index contributed by atoms with van der Waals surface area (Å²) < 4.78 is 0. The second-order valence-corrected chi connectivity index (χ2v) is 2.95. The molecular formula is C11H13NO2. The number of carboxylic acids is 1. The molecule has 0 aliphatic heterocycles. The molecule has 3 N–H and O–H groups in total. The molecule has 1 aromatic rings. The third-order valence-electron chi connectivity index (χ3n) is 1.89. The second-order valence-electron chi connectivity index (χ2n) is 2.95. The Bertz CT molecular complexity index is 319. The van der Waals surface area contributed by atoms with Crippen LogP contribution < -0.4 is 5.73 Å². The molecule has 14 heavy (non-hydrogen) atoms. The molecule has 1 atom stereocenters. The van der Waals surface area contributed by atoms with E-state index in [-0.39, 0.29) is 6.54 Å². The number of hydrogen-bond acceptors (Lipinski definition) is 2. The minimum Gasteiger partial charge on any atom is -0.481 e. The molecule has 74 valence electrons. The van der Waals surface area contributed by atoms with Crippen LogP contribution in [0.5, 0.6) is 0 Å². The topological polar surface area (TPSA) is 63.3 Å². The van der Waals surface area contributed by atoms with Gasteiger partial charge in [-0.15, -0.1) is 0 Å². The zero-order valence-electron chi connectivity index (χ0n) is 7.76. The van der Waals surface area contributed by atoms with Gasteiger partial charge in [-0.1, -0.05) is 42.5 Å². The Kier molecular flexibility index (Phi) is 3.88. The molecule has 0 bridgehead atoms. The first-order chi connectivity index (χ1) is 6.74. The van der Waals surface area contributed by atoms with Crippen LogP contribution in [0.25, 0.3) is 6.08 Å². The summed E-state index contributed by atoms with van der Waals surface area (Å²) in [5.41, 5.74) is 6.28. The number of nitrogens with two attached hydrogens (primary N) is 1. The van der Waals surface area contributed by atoms with Crippen LogP contribution in [0.2, 0.25) is 0 Å². The second kappa shape index (κ2) is 5.19. The smallest absolute Gasteiger partial charge is 0.311 e. The quantitative estimate of drug-likeness (QED) is 0.755. The van der Waals surface area contributed by atoms with Crippen LogP contribution in [0, 0.1) is 5.92 Å². The summed E-state index contributed by atoms with van der Waals surface area (Å²) in [6.45, 7) is 0.124. The molecule has 0 saturated heterocycles. The Morgan fingerprint density at radius 3 is 2.57 bits per heavy atom. The van der Waals surface area contributed by atoms with Crippen LogP contribution in [-0.2, 0) is 4.79 Å². The van der Waals surface area contributed by atoms with Crippen molar-refractivity contribution in [3.05, 3.63) is 42.0 Å². The van der Waals surface area contributed by atoms with Gasteiger partial charge in [0.25, 0.3) is 0 Å². The molecule has 1 rings (SSSR count). The van der Waals surface area contributed by atoms with E-state index in [0.29, 0.717) is 0 Å². The molecule has 0 fully saturated rings. The Balaban J connectivity index is 2.67. The monoisotopic (exact) mass is 191 g/mol. The highest BCUT2D eigenvalue weighted by Gasteiger charge is 2.10. The first-order valence-electron chi connectivity index (χ1n) is 4.40. The van der Waals surface area contributed by atoms with Gasteiger partial charge >= 0.3 is 5.97 Å². The highest BCUT2D eigenvalue weighted by molar-refractivity contribution is 5.74. The maximum atomic E-state index is 10.6. The van der Waals surface area contributed by atoms with E-state index >= 15 is 0 Å². The van der Waals surface area contributed by atoms with E-state index in [2.05, 4.69) is 0 Å². The van der Waals surface area contributed by atoms with Crippen molar-refractivity contribution in [2.75, 3.05) is 6.54 Å². The molecule has 1 aromatic carbocycles. The van der Waals surface area contributed by atoms with E-state index in [9.17, 15) is 4.79 Å². The lowest BCUT2D eigenvalue weighted by Gasteiger charge is -2.01. The number of carbonyl (C=O) groups is 1. The van der Waals surface area contributed by atoms with E-state index in [1.807, 2.05) is 30.3 Å². The number of carboxylic acid groups (broad SMARTS) is 1. The summed E-state index contributed by atoms with van der Waals surface area (Å²) in [6, 6.07) is 9.53. The van der Waals surface area contributed by atoms with Gasteiger partial charge in [0.15, 0.2) is 0 Å². The average molecular weight is 191 g/mol. The number of rotatable bonds is 4. The molecule has 0 radical (unpaired) electrons. The summed E-state index contributed by atoms with van der Waals surface area (Å²) in [5.74, 6) is -1.49. The van der Waals surface area contributed by atoms with Gasteiger partial charge in [-0.05, 0) is 5.56 Å². The van der Waals surface area contributed by atoms with Crippen molar-refractivity contribution in [2.24, 2.45) is 11.7 Å². The van der Waals surface area contributed by atoms with E-state index in [1.54, 1.807) is 12.2 Å². The minimum atomic E-state index is -0.889. The van der Waals surface area contributed by atoms with Gasteiger partial charge in [-0.3, -0.25) is 4.79 Å². The zero-order chi connectivity index (χ0) is 10.4. The molecule has 0 saturated carbocycles. The summed E-state index contributed by atoms with van der Waals surface area (Å²) in [7, 11) is 0. The molecular weight excluding hydrogens is 178 g/mol. The number of benzene rings is 1. The van der Waals surface area contributed by atoms with E-state index in [0.717, 1.165) is 5.56 Å². The first-order valence-corrected chi connectivity index (χ1v) is 4.40. The fraction of sp³-hybridized carbons (Fsp3) is 0.182. The van der Waals surface area contributed by atoms with Gasteiger partial charge in [0.05, 0.1) is 5.92 Å². The Morgan fingerprint density at radius 2 is 2.07 bits per heavy atom. The van der Waals surface area contributed by atoms with Crippen LogP contribution >= 0.6 is 0 Å². The Labute approximate surface area is 82.9 Å². The van der Waals surface area contributed by atoms with Crippen molar-refractivity contribution in [1.29, 1.82) is 0 Å². The normalized spacial score (nSPS) is 12.9. The van der Waals surface area contributed by atoms with E-state index in [4.69, 9.17) is 10.8 Å². The van der Waals surface area contributed by atoms with Gasteiger partial charge in [-0.25, -0.2) is 0 Å². The predicted octanol–water partition coefficient (Wildman–Crippen LogP) is 1.36. The average Bonchev–Trinajstić information content (AvgIpc) is 2.20. The largest absolute Gasteiger partial charge is 0.481 e. The summed E-state index contributed by atoms with van der Waals surface area (Å²) in [5, 5.41) is 8.72. The molecule has 0 heterocycles. The molecule has 3 nitrogen and oxygen atoms in total. The Hall–Kier alpha value is -1.61. The SMILES string of the molecule is NCC(C=Cc1ccccc1)C(=O)O. The van der Waals surface area contributed by atoms with E-state index < -0.39 is 11.9 Å². The standard InChI is InChI=1S/C11H13NO2/c12-8-10(11(13)14)7-6-9-4-2-1-3-5-9/h1-7,10H,8,12H2,(H,13,14). The van der Waals surface area contributed by atoms with Crippen LogP contribution in [0.1, 0.15) is 5.56 Å². The van der Waals surface area contributed by atoms with Gasteiger partial charge in [-0.2, -0.15) is 0 Å². The zero-order valence-corrected chi connectivity index (χ0v) is 7.76. The van der Waals surface area contributed by atoms with Crippen molar-refractivity contribution in [2.45, 2.75) is 0 Å². The third-order valence-corrected chi connectivity index (χ3v) is 1.89. The maximum absolute atomic E-state index is 10.6. The minimum absolute atomic E-state index is 0.124. The molecule has 0 spiro atoms. The molecule has 0 aliphatic rings. The lowest BCUT2D eigenvalue weighted by molar-refractivity contribution is -0.139. The van der Waals surface area contributed by atoms with Crippen LogP contribution in [-0.4, -0.2) is 17.6 Å². The fourth-order valence-electron chi connectivity index (χ4n) is 1.05. The van der Waals surface area contributed by atoms with Gasteiger partial charge in [0.2, 0.25) is 0 Å². The van der Waals surface area contributed by atoms with Crippen molar-refractivity contribution < 1.29 is 9.90 Å². The van der Waals surface area contributed by atoms with Crippen molar-refractivity contribution in [1.82, 2.24) is 0 Å². The lowest BCUT2D eigenvalue weighted by Crippen LogP contribution is -2.20. The van der Waals surface area contributed by atoms with Crippen molar-refractivity contribution in [3.63, 3.8) is 0 Å². The lowest BCUT2D eigenvalue weighted by atomic mass is 10.1. The molecule has 0 aromatic heterocycles. The summed E-state index contributed by atoms with van der Waals surface area (Å²) >= 11 is 0. The summed E-state index contributed by atoms with van der Waals surface area (Å²) in [6.07, 6.45) is 3.38. The number of aliphatic carboxylic acids is 1. The number of hydrogen-bond donors (Lipinski definition) is 2. The van der Waals surface area contributed by atoms with Crippen LogP contribution in [0.3, 0.4) is 0 Å². The van der Waals surface area contributed by atoms with Gasteiger partial charge < -0.3 is 10.8 Å². The van der Waals surface area contributed by atoms with Crippen molar-refractivity contribution in [3.8, 4) is 0 Å². The maximum Gasteiger partial charge on any atom is 0.311 e. The molecule has 0 amide bonds. The Morgan fingerprint density at radius 1 is 1.43 bits per heavy atom. The highest BCUT2D eigenvalue weighted by atomic mass is 16.4. The van der Waals surface area contributed by atoms with Gasteiger partial charge in [0.1, 0.15) is 0 Å². The van der Waals surface area contributed by atoms with Crippen LogP contribution in [0.4, 0.5) is 0 Å². The van der Waals surface area contributed by atoms with Crippen LogP contribution in [0.15, 0.2) is 36.4 Å². The molecule has 0 aliphatic carbocycles. The predicted molar refractivity (Wildman–Crippen MR) is 55.7 cm³/mol.